The maximum atomic E-state index is 13.2. The van der Waals surface area contributed by atoms with Crippen molar-refractivity contribution in [2.45, 2.75) is 26.3 Å². The number of hydrogen-bond acceptors (Lipinski definition) is 8. The lowest BCUT2D eigenvalue weighted by atomic mass is 9.94. The number of ketones is 1. The van der Waals surface area contributed by atoms with E-state index in [1.165, 1.54) is 30.2 Å². The van der Waals surface area contributed by atoms with Crippen molar-refractivity contribution in [3.8, 4) is 5.75 Å². The molecule has 2 heterocycles. The average molecular weight is 476 g/mol. The van der Waals surface area contributed by atoms with Gasteiger partial charge in [-0.3, -0.25) is 14.5 Å². The number of carbonyl (C=O) groups excluding carboxylic acids is 3. The van der Waals surface area contributed by atoms with Crippen molar-refractivity contribution in [2.24, 2.45) is 0 Å². The Morgan fingerprint density at radius 1 is 1.09 bits per heavy atom. The van der Waals surface area contributed by atoms with Crippen LogP contribution in [0, 0.1) is 6.92 Å². The molecule has 0 radical (unpaired) electrons. The van der Waals surface area contributed by atoms with E-state index in [4.69, 9.17) is 14.0 Å². The molecule has 35 heavy (non-hydrogen) atoms. The Kier molecular flexibility index (Phi) is 6.68. The number of anilines is 1. The van der Waals surface area contributed by atoms with Gasteiger partial charge in [-0.25, -0.2) is 4.79 Å². The van der Waals surface area contributed by atoms with Crippen LogP contribution in [0.1, 0.15) is 46.6 Å². The van der Waals surface area contributed by atoms with Gasteiger partial charge < -0.3 is 19.1 Å². The Bertz CT molecular complexity index is 1290. The molecular formula is C26H24N2O7. The molecule has 9 heteroatoms. The number of aliphatic hydroxyl groups excluding tert-OH is 1. The molecule has 1 unspecified atom stereocenters. The van der Waals surface area contributed by atoms with Crippen molar-refractivity contribution in [1.82, 2.24) is 5.16 Å². The zero-order valence-corrected chi connectivity index (χ0v) is 19.5. The molecule has 1 aliphatic heterocycles. The summed E-state index contributed by atoms with van der Waals surface area (Å²) in [6.07, 6.45) is 0.849. The van der Waals surface area contributed by atoms with Crippen molar-refractivity contribution < 1.29 is 33.5 Å². The van der Waals surface area contributed by atoms with Crippen LogP contribution in [0.2, 0.25) is 0 Å². The third-order valence-electron chi connectivity index (χ3n) is 5.55. The number of Topliss-reactive ketones (excluding diaryl/α,β-unsaturated/α-hetero) is 1. The highest BCUT2D eigenvalue weighted by molar-refractivity contribution is 6.51. The number of rotatable bonds is 7. The fourth-order valence-electron chi connectivity index (χ4n) is 3.85. The maximum Gasteiger partial charge on any atom is 0.337 e. The van der Waals surface area contributed by atoms with Gasteiger partial charge in [-0.15, -0.1) is 0 Å². The Morgan fingerprint density at radius 2 is 1.74 bits per heavy atom. The zero-order chi connectivity index (χ0) is 25.1. The zero-order valence-electron chi connectivity index (χ0n) is 19.5. The molecule has 0 spiro atoms. The first-order valence-corrected chi connectivity index (χ1v) is 11.0. The second-order valence-corrected chi connectivity index (χ2v) is 7.95. The Hall–Kier alpha value is -4.40. The van der Waals surface area contributed by atoms with Crippen LogP contribution in [0.15, 0.2) is 64.7 Å². The van der Waals surface area contributed by atoms with Crippen LogP contribution in [-0.4, -0.2) is 41.6 Å². The molecule has 1 atom stereocenters. The van der Waals surface area contributed by atoms with Crippen molar-refractivity contribution in [3.63, 3.8) is 0 Å². The van der Waals surface area contributed by atoms with Gasteiger partial charge in [0, 0.05) is 11.6 Å². The summed E-state index contributed by atoms with van der Waals surface area (Å²) in [4.78, 5) is 39.3. The Labute approximate surface area is 201 Å². The summed E-state index contributed by atoms with van der Waals surface area (Å²) >= 11 is 0. The molecule has 0 saturated carbocycles. The van der Waals surface area contributed by atoms with Crippen LogP contribution in [-0.2, 0) is 14.3 Å². The number of benzene rings is 2. The number of esters is 1. The molecule has 1 N–H and O–H groups in total. The third-order valence-corrected chi connectivity index (χ3v) is 5.55. The first-order valence-electron chi connectivity index (χ1n) is 11.0. The molecule has 1 aromatic heterocycles. The fourth-order valence-corrected chi connectivity index (χ4v) is 3.85. The van der Waals surface area contributed by atoms with E-state index < -0.39 is 23.7 Å². The van der Waals surface area contributed by atoms with Crippen LogP contribution >= 0.6 is 0 Å². The average Bonchev–Trinajstić information content (AvgIpc) is 3.42. The van der Waals surface area contributed by atoms with Crippen molar-refractivity contribution >= 4 is 29.2 Å². The smallest absolute Gasteiger partial charge is 0.337 e. The van der Waals surface area contributed by atoms with Gasteiger partial charge in [-0.05, 0) is 55.3 Å². The molecule has 2 aromatic carbocycles. The second-order valence-electron chi connectivity index (χ2n) is 7.95. The van der Waals surface area contributed by atoms with Gasteiger partial charge in [-0.1, -0.05) is 24.2 Å². The van der Waals surface area contributed by atoms with Crippen molar-refractivity contribution in [1.29, 1.82) is 0 Å². The van der Waals surface area contributed by atoms with E-state index in [1.807, 2.05) is 6.92 Å². The number of methoxy groups -OCH3 is 1. The summed E-state index contributed by atoms with van der Waals surface area (Å²) in [7, 11) is 1.27. The highest BCUT2D eigenvalue weighted by atomic mass is 16.5. The molecular weight excluding hydrogens is 452 g/mol. The topological polar surface area (TPSA) is 119 Å². The maximum absolute atomic E-state index is 13.2. The van der Waals surface area contributed by atoms with Crippen molar-refractivity contribution in [3.05, 3.63) is 82.6 Å². The molecule has 1 amide bonds. The number of aryl methyl sites for hydroxylation is 1. The first-order chi connectivity index (χ1) is 16.8. The van der Waals surface area contributed by atoms with Gasteiger partial charge in [0.05, 0.1) is 30.9 Å². The lowest BCUT2D eigenvalue weighted by molar-refractivity contribution is -0.132. The Balaban J connectivity index is 1.83. The highest BCUT2D eigenvalue weighted by Gasteiger charge is 2.48. The van der Waals surface area contributed by atoms with E-state index in [-0.39, 0.29) is 17.2 Å². The minimum atomic E-state index is -0.998. The van der Waals surface area contributed by atoms with Gasteiger partial charge in [0.25, 0.3) is 5.78 Å². The number of amides is 1. The second kappa shape index (κ2) is 9.84. The molecule has 0 aliphatic carbocycles. The lowest BCUT2D eigenvalue weighted by Crippen LogP contribution is -2.29. The van der Waals surface area contributed by atoms with Crippen LogP contribution in [0.3, 0.4) is 0 Å². The molecule has 3 aromatic rings. The number of carbonyl (C=O) groups is 3. The third kappa shape index (κ3) is 4.52. The monoisotopic (exact) mass is 476 g/mol. The number of nitrogens with zero attached hydrogens (tertiary/aromatic N) is 2. The van der Waals surface area contributed by atoms with Crippen LogP contribution in [0.4, 0.5) is 5.82 Å². The number of aromatic nitrogens is 1. The molecule has 9 nitrogen and oxygen atoms in total. The minimum absolute atomic E-state index is 0.108. The van der Waals surface area contributed by atoms with Gasteiger partial charge in [-0.2, -0.15) is 0 Å². The molecule has 0 bridgehead atoms. The lowest BCUT2D eigenvalue weighted by Gasteiger charge is -2.23. The summed E-state index contributed by atoms with van der Waals surface area (Å²) < 4.78 is 15.4. The quantitative estimate of drug-likeness (QED) is 0.233. The normalized spacial score (nSPS) is 17.0. The Morgan fingerprint density at radius 3 is 2.31 bits per heavy atom. The largest absolute Gasteiger partial charge is 0.507 e. The summed E-state index contributed by atoms with van der Waals surface area (Å²) in [6.45, 7) is 4.21. The van der Waals surface area contributed by atoms with E-state index >= 15 is 0 Å². The van der Waals surface area contributed by atoms with Gasteiger partial charge in [0.1, 0.15) is 17.3 Å². The first kappa shape index (κ1) is 23.7. The predicted molar refractivity (Wildman–Crippen MR) is 126 cm³/mol. The molecule has 1 fully saturated rings. The van der Waals surface area contributed by atoms with Crippen LogP contribution in [0.5, 0.6) is 5.75 Å². The minimum Gasteiger partial charge on any atom is -0.507 e. The summed E-state index contributed by atoms with van der Waals surface area (Å²) in [5.41, 5.74) is 1.03. The number of ether oxygens (including phenoxy) is 2. The molecule has 4 rings (SSSR count). The van der Waals surface area contributed by atoms with Crippen molar-refractivity contribution in [2.75, 3.05) is 18.6 Å². The SMILES string of the molecule is CCCOc1ccc(/C(O)=C2\C(=O)C(=O)N(c3cc(C)on3)C2c2ccc(C(=O)OC)cc2)cc1. The van der Waals surface area contributed by atoms with Crippen LogP contribution in [0.25, 0.3) is 5.76 Å². The van der Waals surface area contributed by atoms with E-state index in [1.54, 1.807) is 43.3 Å². The van der Waals surface area contributed by atoms with E-state index in [0.717, 1.165) is 6.42 Å². The standard InChI is InChI=1S/C26H24N2O7/c1-4-13-34-19-11-9-17(10-12-19)23(29)21-22(16-5-7-18(8-6-16)26(32)33-3)28(25(31)24(21)30)20-14-15(2)35-27-20/h5-12,14,22,29H,4,13H2,1-3H3/b23-21+. The predicted octanol–water partition coefficient (Wildman–Crippen LogP) is 4.18. The van der Waals surface area contributed by atoms with Crippen LogP contribution < -0.4 is 9.64 Å². The fraction of sp³-hybridized carbons (Fsp3) is 0.231. The van der Waals surface area contributed by atoms with E-state index in [2.05, 4.69) is 5.16 Å². The number of hydrogen-bond donors (Lipinski definition) is 1. The summed E-state index contributed by atoms with van der Waals surface area (Å²) in [6, 6.07) is 13.4. The van der Waals surface area contributed by atoms with E-state index in [9.17, 15) is 19.5 Å². The van der Waals surface area contributed by atoms with E-state index in [0.29, 0.717) is 34.8 Å². The molecule has 1 saturated heterocycles. The van der Waals surface area contributed by atoms with Gasteiger partial charge >= 0.3 is 11.9 Å². The summed E-state index contributed by atoms with van der Waals surface area (Å²) in [5.74, 6) is -1.38. The summed E-state index contributed by atoms with van der Waals surface area (Å²) in [5, 5.41) is 15.1. The van der Waals surface area contributed by atoms with Gasteiger partial charge in [0.15, 0.2) is 5.82 Å². The highest BCUT2D eigenvalue weighted by Crippen LogP contribution is 2.42. The molecule has 1 aliphatic rings. The molecule has 180 valence electrons. The van der Waals surface area contributed by atoms with Gasteiger partial charge in [0.2, 0.25) is 0 Å². The number of aliphatic hydroxyl groups is 1.